The van der Waals surface area contributed by atoms with Crippen molar-refractivity contribution in [3.63, 3.8) is 0 Å². The van der Waals surface area contributed by atoms with Gasteiger partial charge in [0.05, 0.1) is 5.69 Å². The van der Waals surface area contributed by atoms with Crippen LogP contribution in [0.2, 0.25) is 0 Å². The van der Waals surface area contributed by atoms with E-state index in [4.69, 9.17) is 9.47 Å². The molecule has 1 atom stereocenters. The summed E-state index contributed by atoms with van der Waals surface area (Å²) in [5.41, 5.74) is 1.21. The van der Waals surface area contributed by atoms with Crippen LogP contribution < -0.4 is 10.1 Å². The molecule has 2 rings (SSSR count). The molecule has 0 saturated carbocycles. The Bertz CT molecular complexity index is 870. The number of rotatable bonds is 6. The van der Waals surface area contributed by atoms with Crippen LogP contribution in [0.3, 0.4) is 0 Å². The maximum absolute atomic E-state index is 13.6. The molecule has 0 aliphatic carbocycles. The van der Waals surface area contributed by atoms with Crippen molar-refractivity contribution in [2.24, 2.45) is 0 Å². The van der Waals surface area contributed by atoms with Gasteiger partial charge in [-0.3, -0.25) is 4.79 Å². The first-order chi connectivity index (χ1) is 12.7. The lowest BCUT2D eigenvalue weighted by atomic mass is 10.1. The molecule has 144 valence electrons. The zero-order valence-corrected chi connectivity index (χ0v) is 14.9. The van der Waals surface area contributed by atoms with Crippen LogP contribution in [0.25, 0.3) is 0 Å². The standard InChI is InChI=1S/C19H18F3NO4/c1-10-4-5-11(2)15(8-10)26-9-16(24)27-12(3)19(25)23-14-7-6-13(20)17(21)18(14)22/h4-8,12H,9H2,1-3H3,(H,23,25)/t12-/m1/s1. The minimum Gasteiger partial charge on any atom is -0.482 e. The van der Waals surface area contributed by atoms with Crippen molar-refractivity contribution in [1.82, 2.24) is 0 Å². The van der Waals surface area contributed by atoms with Gasteiger partial charge in [-0.1, -0.05) is 12.1 Å². The Morgan fingerprint density at radius 3 is 2.48 bits per heavy atom. The van der Waals surface area contributed by atoms with E-state index in [1.807, 2.05) is 31.3 Å². The van der Waals surface area contributed by atoms with E-state index in [-0.39, 0.29) is 0 Å². The molecule has 0 fully saturated rings. The number of amides is 1. The molecule has 5 nitrogen and oxygen atoms in total. The summed E-state index contributed by atoms with van der Waals surface area (Å²) < 4.78 is 49.9. The van der Waals surface area contributed by atoms with Crippen molar-refractivity contribution in [2.45, 2.75) is 26.9 Å². The van der Waals surface area contributed by atoms with E-state index in [9.17, 15) is 22.8 Å². The summed E-state index contributed by atoms with van der Waals surface area (Å²) in [6.45, 7) is 4.51. The molecule has 2 aromatic carbocycles. The lowest BCUT2D eigenvalue weighted by molar-refractivity contribution is -0.155. The van der Waals surface area contributed by atoms with E-state index in [2.05, 4.69) is 0 Å². The van der Waals surface area contributed by atoms with Gasteiger partial charge in [0.2, 0.25) is 0 Å². The van der Waals surface area contributed by atoms with Gasteiger partial charge in [0.25, 0.3) is 5.91 Å². The number of hydrogen-bond donors (Lipinski definition) is 1. The minimum atomic E-state index is -1.71. The summed E-state index contributed by atoms with van der Waals surface area (Å²) in [4.78, 5) is 23.8. The second-order valence-corrected chi connectivity index (χ2v) is 5.90. The quantitative estimate of drug-likeness (QED) is 0.613. The van der Waals surface area contributed by atoms with Gasteiger partial charge in [-0.2, -0.15) is 0 Å². The Kier molecular flexibility index (Phi) is 6.44. The monoisotopic (exact) mass is 381 g/mol. The summed E-state index contributed by atoms with van der Waals surface area (Å²) in [5, 5.41) is 2.04. The average molecular weight is 381 g/mol. The van der Waals surface area contributed by atoms with E-state index in [1.54, 1.807) is 6.07 Å². The highest BCUT2D eigenvalue weighted by molar-refractivity contribution is 5.95. The molecule has 27 heavy (non-hydrogen) atoms. The molecule has 0 spiro atoms. The normalized spacial score (nSPS) is 11.6. The third kappa shape index (κ3) is 5.22. The maximum Gasteiger partial charge on any atom is 0.344 e. The second kappa shape index (κ2) is 8.57. The molecule has 0 radical (unpaired) electrons. The molecule has 0 aromatic heterocycles. The molecule has 8 heteroatoms. The van der Waals surface area contributed by atoms with Gasteiger partial charge >= 0.3 is 5.97 Å². The highest BCUT2D eigenvalue weighted by atomic mass is 19.2. The first-order valence-electron chi connectivity index (χ1n) is 8.03. The number of halogens is 3. The summed E-state index contributed by atoms with van der Waals surface area (Å²) in [5.74, 6) is -5.84. The van der Waals surface area contributed by atoms with Crippen molar-refractivity contribution in [2.75, 3.05) is 11.9 Å². The SMILES string of the molecule is Cc1ccc(C)c(OCC(=O)O[C@H](C)C(=O)Nc2ccc(F)c(F)c2F)c1. The van der Waals surface area contributed by atoms with Crippen LogP contribution in [0.4, 0.5) is 18.9 Å². The maximum atomic E-state index is 13.6. The molecule has 1 amide bonds. The van der Waals surface area contributed by atoms with Crippen LogP contribution in [0.5, 0.6) is 5.75 Å². The fraction of sp³-hybridized carbons (Fsp3) is 0.263. The number of benzene rings is 2. The molecule has 1 N–H and O–H groups in total. The highest BCUT2D eigenvalue weighted by Gasteiger charge is 2.21. The molecule has 0 bridgehead atoms. The van der Waals surface area contributed by atoms with Crippen LogP contribution in [-0.2, 0) is 14.3 Å². The third-order valence-electron chi connectivity index (χ3n) is 3.66. The fourth-order valence-electron chi connectivity index (χ4n) is 2.14. The van der Waals surface area contributed by atoms with Gasteiger partial charge in [-0.15, -0.1) is 0 Å². The number of aryl methyl sites for hydroxylation is 2. The number of anilines is 1. The molecule has 0 heterocycles. The molecule has 0 saturated heterocycles. The largest absolute Gasteiger partial charge is 0.482 e. The Morgan fingerprint density at radius 1 is 1.07 bits per heavy atom. The van der Waals surface area contributed by atoms with Gasteiger partial charge in [-0.25, -0.2) is 18.0 Å². The zero-order valence-electron chi connectivity index (χ0n) is 14.9. The van der Waals surface area contributed by atoms with Gasteiger partial charge < -0.3 is 14.8 Å². The molecule has 0 aliphatic heterocycles. The minimum absolute atomic E-state index is 0.429. The first-order valence-corrected chi connectivity index (χ1v) is 8.03. The summed E-state index contributed by atoms with van der Waals surface area (Å²) in [6, 6.07) is 7.02. The van der Waals surface area contributed by atoms with Crippen LogP contribution in [-0.4, -0.2) is 24.6 Å². The summed E-state index contributed by atoms with van der Waals surface area (Å²) in [7, 11) is 0. The molecule has 2 aromatic rings. The molecular weight excluding hydrogens is 363 g/mol. The number of hydrogen-bond acceptors (Lipinski definition) is 4. The van der Waals surface area contributed by atoms with Crippen LogP contribution in [0.1, 0.15) is 18.1 Å². The Balaban J connectivity index is 1.91. The lowest BCUT2D eigenvalue weighted by Crippen LogP contribution is -2.32. The highest BCUT2D eigenvalue weighted by Crippen LogP contribution is 2.20. The first kappa shape index (κ1) is 20.3. The van der Waals surface area contributed by atoms with Gasteiger partial charge in [0.15, 0.2) is 30.2 Å². The van der Waals surface area contributed by atoms with Crippen LogP contribution in [0.15, 0.2) is 30.3 Å². The Hall–Kier alpha value is -3.03. The van der Waals surface area contributed by atoms with E-state index in [0.717, 1.165) is 17.2 Å². The van der Waals surface area contributed by atoms with Gasteiger partial charge in [0.1, 0.15) is 5.75 Å². The third-order valence-corrected chi connectivity index (χ3v) is 3.66. The van der Waals surface area contributed by atoms with Gasteiger partial charge in [0, 0.05) is 0 Å². The summed E-state index contributed by atoms with van der Waals surface area (Å²) in [6.07, 6.45) is -1.30. The van der Waals surface area contributed by atoms with E-state index in [1.165, 1.54) is 6.92 Å². The Labute approximate surface area is 154 Å². The van der Waals surface area contributed by atoms with E-state index >= 15 is 0 Å². The number of ether oxygens (including phenoxy) is 2. The number of carbonyl (C=O) groups excluding carboxylic acids is 2. The second-order valence-electron chi connectivity index (χ2n) is 5.90. The van der Waals surface area contributed by atoms with E-state index in [0.29, 0.717) is 11.8 Å². The van der Waals surface area contributed by atoms with Crippen molar-refractivity contribution in [3.8, 4) is 5.75 Å². The van der Waals surface area contributed by atoms with E-state index < -0.39 is 47.7 Å². The number of esters is 1. The summed E-state index contributed by atoms with van der Waals surface area (Å²) >= 11 is 0. The number of nitrogens with one attached hydrogen (secondary N) is 1. The number of carbonyl (C=O) groups is 2. The van der Waals surface area contributed by atoms with Crippen molar-refractivity contribution in [3.05, 3.63) is 58.9 Å². The Morgan fingerprint density at radius 2 is 1.78 bits per heavy atom. The van der Waals surface area contributed by atoms with Crippen LogP contribution >= 0.6 is 0 Å². The average Bonchev–Trinajstić information content (AvgIpc) is 2.62. The predicted octanol–water partition coefficient (Wildman–Crippen LogP) is 3.67. The lowest BCUT2D eigenvalue weighted by Gasteiger charge is -2.15. The van der Waals surface area contributed by atoms with Crippen molar-refractivity contribution in [1.29, 1.82) is 0 Å². The topological polar surface area (TPSA) is 64.6 Å². The predicted molar refractivity (Wildman–Crippen MR) is 91.9 cm³/mol. The van der Waals surface area contributed by atoms with Crippen LogP contribution in [0, 0.1) is 31.3 Å². The molecule has 0 aliphatic rings. The van der Waals surface area contributed by atoms with Gasteiger partial charge in [-0.05, 0) is 50.1 Å². The molecular formula is C19H18F3NO4. The molecule has 0 unspecified atom stereocenters. The fourth-order valence-corrected chi connectivity index (χ4v) is 2.14. The van der Waals surface area contributed by atoms with Crippen molar-refractivity contribution >= 4 is 17.6 Å². The van der Waals surface area contributed by atoms with Crippen molar-refractivity contribution < 1.29 is 32.2 Å². The smallest absolute Gasteiger partial charge is 0.344 e. The zero-order chi connectivity index (χ0) is 20.1.